The SMILES string of the molecule is CCC(CC)CNC(=O)c1nc(N[C@H]2CCCC[C@H]2NC2=NCCC2)c2cc(OC)ccc2n1. The molecule has 2 heterocycles. The molecule has 2 aromatic rings. The summed E-state index contributed by atoms with van der Waals surface area (Å²) in [5.41, 5.74) is 0.728. The van der Waals surface area contributed by atoms with E-state index in [0.717, 1.165) is 74.0 Å². The van der Waals surface area contributed by atoms with Crippen molar-refractivity contribution in [2.24, 2.45) is 10.9 Å². The Morgan fingerprint density at radius 3 is 2.53 bits per heavy atom. The molecule has 1 aliphatic carbocycles. The maximum atomic E-state index is 13.0. The van der Waals surface area contributed by atoms with Gasteiger partial charge in [0.15, 0.2) is 0 Å². The number of aromatic nitrogens is 2. The van der Waals surface area contributed by atoms with Crippen LogP contribution in [0.5, 0.6) is 5.75 Å². The third-order valence-corrected chi connectivity index (χ3v) is 7.13. The molecule has 0 saturated heterocycles. The molecule has 34 heavy (non-hydrogen) atoms. The first-order chi connectivity index (χ1) is 16.6. The molecular formula is C26H38N6O2. The zero-order valence-corrected chi connectivity index (χ0v) is 20.7. The summed E-state index contributed by atoms with van der Waals surface area (Å²) in [5, 5.41) is 11.3. The van der Waals surface area contributed by atoms with Crippen molar-refractivity contribution in [2.75, 3.05) is 25.5 Å². The van der Waals surface area contributed by atoms with Gasteiger partial charge >= 0.3 is 0 Å². The molecule has 0 bridgehead atoms. The minimum absolute atomic E-state index is 0.196. The number of hydrogen-bond acceptors (Lipinski definition) is 7. The number of amidine groups is 1. The molecule has 1 fully saturated rings. The number of fused-ring (bicyclic) bond motifs is 1. The van der Waals surface area contributed by atoms with Crippen LogP contribution in [0, 0.1) is 5.92 Å². The second kappa shape index (κ2) is 11.5. The first-order valence-electron chi connectivity index (χ1n) is 12.8. The van der Waals surface area contributed by atoms with Gasteiger partial charge in [-0.25, -0.2) is 9.97 Å². The third-order valence-electron chi connectivity index (χ3n) is 7.13. The Hall–Kier alpha value is -2.90. The molecule has 2 aliphatic rings. The number of methoxy groups -OCH3 is 1. The van der Waals surface area contributed by atoms with Gasteiger partial charge in [0, 0.05) is 37.0 Å². The van der Waals surface area contributed by atoms with Crippen molar-refractivity contribution in [3.63, 3.8) is 0 Å². The van der Waals surface area contributed by atoms with Crippen LogP contribution in [-0.2, 0) is 0 Å². The van der Waals surface area contributed by atoms with E-state index in [1.165, 1.54) is 6.42 Å². The number of amides is 1. The molecule has 184 valence electrons. The minimum atomic E-state index is -0.230. The van der Waals surface area contributed by atoms with Crippen molar-refractivity contribution >= 4 is 28.5 Å². The molecule has 0 spiro atoms. The molecule has 1 aliphatic heterocycles. The number of benzene rings is 1. The van der Waals surface area contributed by atoms with Crippen LogP contribution < -0.4 is 20.7 Å². The van der Waals surface area contributed by atoms with Gasteiger partial charge < -0.3 is 20.7 Å². The van der Waals surface area contributed by atoms with Crippen molar-refractivity contribution in [3.05, 3.63) is 24.0 Å². The quantitative estimate of drug-likeness (QED) is 0.509. The lowest BCUT2D eigenvalue weighted by molar-refractivity contribution is 0.0936. The fraction of sp³-hybridized carbons (Fsp3) is 0.615. The summed E-state index contributed by atoms with van der Waals surface area (Å²) >= 11 is 0. The van der Waals surface area contributed by atoms with Gasteiger partial charge in [-0.15, -0.1) is 0 Å². The van der Waals surface area contributed by atoms with Crippen molar-refractivity contribution < 1.29 is 9.53 Å². The normalized spacial score (nSPS) is 20.3. The molecule has 8 heteroatoms. The smallest absolute Gasteiger partial charge is 0.289 e. The molecule has 0 unspecified atom stereocenters. The highest BCUT2D eigenvalue weighted by Gasteiger charge is 2.28. The van der Waals surface area contributed by atoms with E-state index < -0.39 is 0 Å². The standard InChI is InChI=1S/C26H38N6O2/c1-4-17(5-2)16-28-26(33)25-30-20-13-12-18(34-3)15-19(20)24(32-25)31-22-10-7-6-9-21(22)29-23-11-8-14-27-23/h12-13,15,17,21-22H,4-11,14,16H2,1-3H3,(H,27,29)(H,28,33)(H,30,31,32)/t21-,22+/m1/s1. The van der Waals surface area contributed by atoms with Crippen LogP contribution >= 0.6 is 0 Å². The first-order valence-corrected chi connectivity index (χ1v) is 12.8. The Bertz CT molecular complexity index is 1020. The lowest BCUT2D eigenvalue weighted by Crippen LogP contribution is -2.48. The maximum Gasteiger partial charge on any atom is 0.289 e. The number of carbonyl (C=O) groups is 1. The summed E-state index contributed by atoms with van der Waals surface area (Å²) in [6.45, 7) is 5.84. The van der Waals surface area contributed by atoms with Crippen LogP contribution in [0.25, 0.3) is 10.9 Å². The predicted octanol–water partition coefficient (Wildman–Crippen LogP) is 4.31. The van der Waals surface area contributed by atoms with Crippen molar-refractivity contribution in [1.82, 2.24) is 20.6 Å². The Kier molecular flexibility index (Phi) is 8.19. The van der Waals surface area contributed by atoms with Gasteiger partial charge in [-0.3, -0.25) is 9.79 Å². The van der Waals surface area contributed by atoms with Gasteiger partial charge in [0.2, 0.25) is 5.82 Å². The molecule has 0 radical (unpaired) electrons. The Balaban J connectivity index is 1.61. The molecule has 4 rings (SSSR count). The Morgan fingerprint density at radius 1 is 1.09 bits per heavy atom. The second-order valence-corrected chi connectivity index (χ2v) is 9.39. The molecule has 3 N–H and O–H groups in total. The van der Waals surface area contributed by atoms with Crippen molar-refractivity contribution in [3.8, 4) is 5.75 Å². The number of carbonyl (C=O) groups excluding carboxylic acids is 1. The molecule has 1 amide bonds. The highest BCUT2D eigenvalue weighted by molar-refractivity contribution is 5.97. The highest BCUT2D eigenvalue weighted by Crippen LogP contribution is 2.29. The summed E-state index contributed by atoms with van der Waals surface area (Å²) < 4.78 is 5.45. The number of rotatable bonds is 9. The van der Waals surface area contributed by atoms with E-state index in [4.69, 9.17) is 9.72 Å². The number of anilines is 1. The number of aliphatic imine (C=N–C) groups is 1. The zero-order chi connectivity index (χ0) is 23.9. The van der Waals surface area contributed by atoms with Crippen LogP contribution in [0.15, 0.2) is 23.2 Å². The average molecular weight is 467 g/mol. The van der Waals surface area contributed by atoms with Gasteiger partial charge in [0.05, 0.1) is 18.5 Å². The number of nitrogens with one attached hydrogen (secondary N) is 3. The highest BCUT2D eigenvalue weighted by atomic mass is 16.5. The molecule has 1 aromatic heterocycles. The van der Waals surface area contributed by atoms with Crippen LogP contribution in [0.4, 0.5) is 5.82 Å². The van der Waals surface area contributed by atoms with Crippen molar-refractivity contribution in [2.45, 2.75) is 77.3 Å². The molecular weight excluding hydrogens is 428 g/mol. The average Bonchev–Trinajstić information content (AvgIpc) is 3.38. The molecule has 2 atom stereocenters. The maximum absolute atomic E-state index is 13.0. The van der Waals surface area contributed by atoms with E-state index in [1.54, 1.807) is 7.11 Å². The van der Waals surface area contributed by atoms with Gasteiger partial charge in [0.25, 0.3) is 5.91 Å². The monoisotopic (exact) mass is 466 g/mol. The van der Waals surface area contributed by atoms with E-state index in [2.05, 4.69) is 39.8 Å². The minimum Gasteiger partial charge on any atom is -0.497 e. The fourth-order valence-corrected chi connectivity index (χ4v) is 4.86. The van der Waals surface area contributed by atoms with Gasteiger partial charge in [-0.2, -0.15) is 0 Å². The number of nitrogens with zero attached hydrogens (tertiary/aromatic N) is 3. The molecule has 1 saturated carbocycles. The topological polar surface area (TPSA) is 101 Å². The van der Waals surface area contributed by atoms with E-state index >= 15 is 0 Å². The van der Waals surface area contributed by atoms with Gasteiger partial charge in [-0.05, 0) is 43.4 Å². The Morgan fingerprint density at radius 2 is 1.85 bits per heavy atom. The van der Waals surface area contributed by atoms with Crippen LogP contribution in [0.2, 0.25) is 0 Å². The summed E-state index contributed by atoms with van der Waals surface area (Å²) in [6.07, 6.45) is 8.70. The van der Waals surface area contributed by atoms with Crippen molar-refractivity contribution in [1.29, 1.82) is 0 Å². The summed E-state index contributed by atoms with van der Waals surface area (Å²) in [5.74, 6) is 2.97. The lowest BCUT2D eigenvalue weighted by Gasteiger charge is -2.34. The lowest BCUT2D eigenvalue weighted by atomic mass is 9.90. The molecule has 8 nitrogen and oxygen atoms in total. The van der Waals surface area contributed by atoms with Gasteiger partial charge in [0.1, 0.15) is 11.6 Å². The largest absolute Gasteiger partial charge is 0.497 e. The second-order valence-electron chi connectivity index (χ2n) is 9.39. The van der Waals surface area contributed by atoms with Gasteiger partial charge in [-0.1, -0.05) is 39.5 Å². The van der Waals surface area contributed by atoms with E-state index in [-0.39, 0.29) is 23.8 Å². The Labute approximate surface area is 202 Å². The number of ether oxygens (including phenoxy) is 1. The van der Waals surface area contributed by atoms with Crippen LogP contribution in [0.1, 0.15) is 75.8 Å². The molecule has 1 aromatic carbocycles. The summed E-state index contributed by atoms with van der Waals surface area (Å²) in [7, 11) is 1.65. The summed E-state index contributed by atoms with van der Waals surface area (Å²) in [4.78, 5) is 26.9. The van der Waals surface area contributed by atoms with Crippen LogP contribution in [-0.4, -0.2) is 54.0 Å². The first kappa shape index (κ1) is 24.2. The van der Waals surface area contributed by atoms with E-state index in [1.807, 2.05) is 18.2 Å². The summed E-state index contributed by atoms with van der Waals surface area (Å²) in [6, 6.07) is 6.18. The third kappa shape index (κ3) is 5.77. The zero-order valence-electron chi connectivity index (χ0n) is 20.7. The predicted molar refractivity (Wildman–Crippen MR) is 137 cm³/mol. The van der Waals surface area contributed by atoms with Crippen LogP contribution in [0.3, 0.4) is 0 Å². The van der Waals surface area contributed by atoms with E-state index in [9.17, 15) is 4.79 Å². The van der Waals surface area contributed by atoms with E-state index in [0.29, 0.717) is 18.3 Å². The fourth-order valence-electron chi connectivity index (χ4n) is 4.86. The number of hydrogen-bond donors (Lipinski definition) is 3.